The van der Waals surface area contributed by atoms with E-state index in [0.29, 0.717) is 11.4 Å². The zero-order chi connectivity index (χ0) is 18.5. The predicted molar refractivity (Wildman–Crippen MR) is 81.5 cm³/mol. The Morgan fingerprint density at radius 2 is 1.46 bits per heavy atom. The van der Waals surface area contributed by atoms with Gasteiger partial charge in [0.2, 0.25) is 5.91 Å². The van der Waals surface area contributed by atoms with E-state index < -0.39 is 45.7 Å². The number of amides is 1. The summed E-state index contributed by atoms with van der Waals surface area (Å²) in [6.07, 6.45) is -1.87. The third-order valence-electron chi connectivity index (χ3n) is 3.05. The van der Waals surface area contributed by atoms with Gasteiger partial charge in [-0.05, 0) is 24.6 Å². The lowest BCUT2D eigenvalue weighted by Gasteiger charge is -2.09. The predicted octanol–water partition coefficient (Wildman–Crippen LogP) is 0.444. The SMILES string of the molecule is Nc1cc(N)cc(NC(=O)CCCC([N+](=O)[O-])([N+](=O)[O-])[N+](=O)[O-])c1. The summed E-state index contributed by atoms with van der Waals surface area (Å²) in [5, 5.41) is 34.6. The van der Waals surface area contributed by atoms with Crippen LogP contribution in [0.2, 0.25) is 0 Å². The van der Waals surface area contributed by atoms with Crippen molar-refractivity contribution in [2.75, 3.05) is 16.8 Å². The summed E-state index contributed by atoms with van der Waals surface area (Å²) < 4.78 is 0. The summed E-state index contributed by atoms with van der Waals surface area (Å²) in [5.41, 5.74) is 11.9. The van der Waals surface area contributed by atoms with E-state index in [-0.39, 0.29) is 5.69 Å². The number of anilines is 3. The van der Waals surface area contributed by atoms with Gasteiger partial charge in [-0.3, -0.25) is 35.1 Å². The van der Waals surface area contributed by atoms with Gasteiger partial charge in [-0.2, -0.15) is 0 Å². The smallest absolute Gasteiger partial charge is 0.399 e. The van der Waals surface area contributed by atoms with Crippen molar-refractivity contribution in [3.8, 4) is 0 Å². The molecule has 1 rings (SSSR count). The van der Waals surface area contributed by atoms with E-state index in [4.69, 9.17) is 11.5 Å². The average molecular weight is 342 g/mol. The first-order chi connectivity index (χ1) is 11.1. The largest absolute Gasteiger partial charge is 0.699 e. The van der Waals surface area contributed by atoms with Gasteiger partial charge in [-0.25, -0.2) is 0 Å². The monoisotopic (exact) mass is 342 g/mol. The van der Waals surface area contributed by atoms with Crippen LogP contribution in [0.1, 0.15) is 19.3 Å². The fourth-order valence-electron chi connectivity index (χ4n) is 1.93. The lowest BCUT2D eigenvalue weighted by atomic mass is 10.1. The Labute approximate surface area is 134 Å². The van der Waals surface area contributed by atoms with Crippen LogP contribution in [-0.2, 0) is 4.79 Å². The zero-order valence-corrected chi connectivity index (χ0v) is 12.2. The second kappa shape index (κ2) is 7.17. The number of hydrogen-bond donors (Lipinski definition) is 3. The van der Waals surface area contributed by atoms with Crippen molar-refractivity contribution in [3.63, 3.8) is 0 Å². The number of nitrogen functional groups attached to an aromatic ring is 2. The number of carbonyl (C=O) groups is 1. The van der Waals surface area contributed by atoms with Gasteiger partial charge in [-0.1, -0.05) is 0 Å². The van der Waals surface area contributed by atoms with Gasteiger partial charge in [-0.15, -0.1) is 0 Å². The molecule has 0 unspecified atom stereocenters. The Balaban J connectivity index is 2.71. The van der Waals surface area contributed by atoms with Gasteiger partial charge in [0, 0.05) is 23.5 Å². The highest BCUT2D eigenvalue weighted by molar-refractivity contribution is 5.91. The van der Waals surface area contributed by atoms with Crippen molar-refractivity contribution < 1.29 is 19.6 Å². The number of nitrogens with two attached hydrogens (primary N) is 2. The zero-order valence-electron chi connectivity index (χ0n) is 12.2. The molecule has 1 aromatic carbocycles. The number of carbonyl (C=O) groups excluding carboxylic acids is 1. The number of nitrogens with zero attached hydrogens (tertiary/aromatic N) is 3. The van der Waals surface area contributed by atoms with Crippen molar-refractivity contribution in [2.24, 2.45) is 0 Å². The second-order valence-corrected chi connectivity index (χ2v) is 4.84. The summed E-state index contributed by atoms with van der Waals surface area (Å²) in [5.74, 6) is -4.22. The highest BCUT2D eigenvalue weighted by atomic mass is 16.7. The maximum Gasteiger partial charge on any atom is 0.699 e. The molecule has 0 saturated heterocycles. The third kappa shape index (κ3) is 4.02. The summed E-state index contributed by atoms with van der Waals surface area (Å²) in [4.78, 5) is 39.2. The van der Waals surface area contributed by atoms with Crippen LogP contribution in [0.3, 0.4) is 0 Å². The third-order valence-corrected chi connectivity index (χ3v) is 3.05. The highest BCUT2D eigenvalue weighted by Gasteiger charge is 2.69. The van der Waals surface area contributed by atoms with Gasteiger partial charge in [0.25, 0.3) is 0 Å². The van der Waals surface area contributed by atoms with Crippen LogP contribution < -0.4 is 16.8 Å². The summed E-state index contributed by atoms with van der Waals surface area (Å²) in [7, 11) is 0. The molecule has 13 heteroatoms. The lowest BCUT2D eigenvalue weighted by Crippen LogP contribution is -2.53. The molecule has 0 aromatic heterocycles. The van der Waals surface area contributed by atoms with Gasteiger partial charge in [0.05, 0.1) is 0 Å². The van der Waals surface area contributed by atoms with Crippen LogP contribution in [0.4, 0.5) is 17.1 Å². The minimum Gasteiger partial charge on any atom is -0.399 e. The van der Waals surface area contributed by atoms with E-state index in [1.165, 1.54) is 18.2 Å². The van der Waals surface area contributed by atoms with Crippen LogP contribution in [0, 0.1) is 30.3 Å². The number of hydrogen-bond acceptors (Lipinski definition) is 9. The van der Waals surface area contributed by atoms with Crippen molar-refractivity contribution in [1.29, 1.82) is 0 Å². The molecule has 1 amide bonds. The molecule has 5 N–H and O–H groups in total. The Morgan fingerprint density at radius 3 is 1.88 bits per heavy atom. The van der Waals surface area contributed by atoms with E-state index in [2.05, 4.69) is 5.32 Å². The van der Waals surface area contributed by atoms with Crippen LogP contribution >= 0.6 is 0 Å². The second-order valence-electron chi connectivity index (χ2n) is 4.84. The number of rotatable bonds is 8. The molecule has 0 radical (unpaired) electrons. The van der Waals surface area contributed by atoms with Crippen molar-refractivity contribution in [2.45, 2.75) is 25.0 Å². The standard InChI is InChI=1S/C11H14N6O7/c12-7-4-8(13)6-9(5-7)14-10(18)2-1-3-11(15(19)20,16(21)22)17(23)24/h4-6H,1-3,12-13H2,(H,14,18). The fraction of sp³-hybridized carbons (Fsp3) is 0.364. The molecule has 0 aliphatic rings. The molecular formula is C11H14N6O7. The number of benzene rings is 1. The first-order valence-corrected chi connectivity index (χ1v) is 6.49. The molecule has 0 saturated carbocycles. The summed E-state index contributed by atoms with van der Waals surface area (Å²) in [6, 6.07) is 4.27. The van der Waals surface area contributed by atoms with Crippen molar-refractivity contribution >= 4 is 23.0 Å². The van der Waals surface area contributed by atoms with Gasteiger partial charge in [0.1, 0.15) is 0 Å². The van der Waals surface area contributed by atoms with Crippen LogP contribution in [0.15, 0.2) is 18.2 Å². The molecule has 0 spiro atoms. The molecule has 24 heavy (non-hydrogen) atoms. The van der Waals surface area contributed by atoms with E-state index in [1.54, 1.807) is 0 Å². The van der Waals surface area contributed by atoms with Crippen LogP contribution in [-0.4, -0.2) is 26.5 Å². The Morgan fingerprint density at radius 1 is 1.00 bits per heavy atom. The van der Waals surface area contributed by atoms with Crippen molar-refractivity contribution in [1.82, 2.24) is 0 Å². The topological polar surface area (TPSA) is 211 Å². The Bertz CT molecular complexity index is 635. The van der Waals surface area contributed by atoms with E-state index in [0.717, 1.165) is 0 Å². The molecule has 0 heterocycles. The quantitative estimate of drug-likeness (QED) is 0.258. The number of nitrogens with one attached hydrogen (secondary N) is 1. The minimum atomic E-state index is -3.57. The summed E-state index contributed by atoms with van der Waals surface area (Å²) >= 11 is 0. The van der Waals surface area contributed by atoms with Crippen molar-refractivity contribution in [3.05, 3.63) is 48.5 Å². The van der Waals surface area contributed by atoms with Gasteiger partial charge in [0.15, 0.2) is 21.2 Å². The molecule has 1 aromatic rings. The van der Waals surface area contributed by atoms with E-state index in [1.807, 2.05) is 0 Å². The molecule has 0 aliphatic heterocycles. The number of nitro groups is 3. The molecular weight excluding hydrogens is 328 g/mol. The fourth-order valence-corrected chi connectivity index (χ4v) is 1.93. The molecule has 13 nitrogen and oxygen atoms in total. The highest BCUT2D eigenvalue weighted by Crippen LogP contribution is 2.21. The molecule has 0 bridgehead atoms. The van der Waals surface area contributed by atoms with E-state index >= 15 is 0 Å². The Hall–Kier alpha value is -3.51. The van der Waals surface area contributed by atoms with Crippen LogP contribution in [0.5, 0.6) is 0 Å². The van der Waals surface area contributed by atoms with E-state index in [9.17, 15) is 35.1 Å². The first kappa shape index (κ1) is 18.5. The molecule has 0 fully saturated rings. The van der Waals surface area contributed by atoms with Crippen LogP contribution in [0.25, 0.3) is 0 Å². The minimum absolute atomic E-state index is 0.265. The van der Waals surface area contributed by atoms with Gasteiger partial charge >= 0.3 is 5.79 Å². The summed E-state index contributed by atoms with van der Waals surface area (Å²) in [6.45, 7) is 0. The molecule has 130 valence electrons. The Kier molecular flexibility index (Phi) is 5.54. The molecule has 0 atom stereocenters. The maximum atomic E-state index is 11.7. The van der Waals surface area contributed by atoms with Gasteiger partial charge < -0.3 is 16.8 Å². The average Bonchev–Trinajstić information content (AvgIpc) is 2.40. The molecule has 0 aliphatic carbocycles. The lowest BCUT2D eigenvalue weighted by molar-refractivity contribution is -0.970. The first-order valence-electron chi connectivity index (χ1n) is 6.49. The maximum absolute atomic E-state index is 11.7. The normalized spacial score (nSPS) is 10.8.